The molecule has 26 heavy (non-hydrogen) atoms. The maximum Gasteiger partial charge on any atom is 0.225 e. The predicted molar refractivity (Wildman–Crippen MR) is 109 cm³/mol. The van der Waals surface area contributed by atoms with Crippen LogP contribution in [0.25, 0.3) is 0 Å². The van der Waals surface area contributed by atoms with E-state index in [1.807, 2.05) is 36.4 Å². The van der Waals surface area contributed by atoms with E-state index in [2.05, 4.69) is 35.0 Å². The number of hydrogen-bond donors (Lipinski definition) is 1. The standard InChI is InChI=1S/C21H26ClN3O/c1-16-6-7-19(14-17(16)2)23-21(26)8-9-24-10-12-25(13-11-24)20-5-3-4-18(22)15-20/h3-7,14-15H,8-13H2,1-2H3,(H,23,26). The van der Waals surface area contributed by atoms with Gasteiger partial charge >= 0.3 is 0 Å². The Kier molecular flexibility index (Phi) is 6.17. The molecule has 2 aromatic rings. The second kappa shape index (κ2) is 8.56. The van der Waals surface area contributed by atoms with Gasteiger partial charge in [0, 0.05) is 55.5 Å². The number of halogens is 1. The fourth-order valence-corrected chi connectivity index (χ4v) is 3.39. The summed E-state index contributed by atoms with van der Waals surface area (Å²) in [7, 11) is 0. The van der Waals surface area contributed by atoms with Crippen molar-refractivity contribution in [3.63, 3.8) is 0 Å². The summed E-state index contributed by atoms with van der Waals surface area (Å²) < 4.78 is 0. The molecule has 0 aromatic heterocycles. The molecule has 3 rings (SSSR count). The minimum atomic E-state index is 0.0746. The van der Waals surface area contributed by atoms with Gasteiger partial charge in [-0.2, -0.15) is 0 Å². The van der Waals surface area contributed by atoms with E-state index in [9.17, 15) is 4.79 Å². The lowest BCUT2D eigenvalue weighted by Gasteiger charge is -2.36. The van der Waals surface area contributed by atoms with E-state index >= 15 is 0 Å². The molecule has 1 amide bonds. The Bertz CT molecular complexity index is 770. The number of benzene rings is 2. The van der Waals surface area contributed by atoms with E-state index in [-0.39, 0.29) is 5.91 Å². The van der Waals surface area contributed by atoms with Crippen LogP contribution < -0.4 is 10.2 Å². The fraction of sp³-hybridized carbons (Fsp3) is 0.381. The second-order valence-electron chi connectivity index (χ2n) is 6.91. The molecule has 1 N–H and O–H groups in total. The fourth-order valence-electron chi connectivity index (χ4n) is 3.20. The third-order valence-corrected chi connectivity index (χ3v) is 5.23. The van der Waals surface area contributed by atoms with E-state index in [0.29, 0.717) is 6.42 Å². The van der Waals surface area contributed by atoms with Gasteiger partial charge in [-0.1, -0.05) is 23.7 Å². The van der Waals surface area contributed by atoms with E-state index in [1.165, 1.54) is 16.8 Å². The van der Waals surface area contributed by atoms with Crippen LogP contribution in [0.2, 0.25) is 5.02 Å². The normalized spacial score (nSPS) is 15.1. The molecule has 1 fully saturated rings. The van der Waals surface area contributed by atoms with Crippen molar-refractivity contribution in [2.45, 2.75) is 20.3 Å². The molecule has 1 saturated heterocycles. The summed E-state index contributed by atoms with van der Waals surface area (Å²) >= 11 is 6.08. The Morgan fingerprint density at radius 2 is 1.81 bits per heavy atom. The van der Waals surface area contributed by atoms with Gasteiger partial charge in [0.2, 0.25) is 5.91 Å². The lowest BCUT2D eigenvalue weighted by atomic mass is 10.1. The van der Waals surface area contributed by atoms with Gasteiger partial charge in [-0.05, 0) is 55.3 Å². The maximum atomic E-state index is 12.2. The number of hydrogen-bond acceptors (Lipinski definition) is 3. The number of carbonyl (C=O) groups excluding carboxylic acids is 1. The predicted octanol–water partition coefficient (Wildman–Crippen LogP) is 4.11. The summed E-state index contributed by atoms with van der Waals surface area (Å²) in [6.07, 6.45) is 0.518. The Morgan fingerprint density at radius 3 is 2.50 bits per heavy atom. The van der Waals surface area contributed by atoms with Gasteiger partial charge in [-0.25, -0.2) is 0 Å². The van der Waals surface area contributed by atoms with Gasteiger partial charge in [0.25, 0.3) is 0 Å². The molecular formula is C21H26ClN3O. The van der Waals surface area contributed by atoms with E-state index in [1.54, 1.807) is 0 Å². The van der Waals surface area contributed by atoms with Gasteiger partial charge in [-0.3, -0.25) is 9.69 Å². The summed E-state index contributed by atoms with van der Waals surface area (Å²) in [6.45, 7) is 8.76. The van der Waals surface area contributed by atoms with Crippen LogP contribution in [0.15, 0.2) is 42.5 Å². The second-order valence-corrected chi connectivity index (χ2v) is 7.34. The first kappa shape index (κ1) is 18.7. The number of piperazine rings is 1. The largest absolute Gasteiger partial charge is 0.369 e. The van der Waals surface area contributed by atoms with Gasteiger partial charge in [-0.15, -0.1) is 0 Å². The molecule has 0 saturated carbocycles. The van der Waals surface area contributed by atoms with Crippen LogP contribution in [-0.2, 0) is 4.79 Å². The highest BCUT2D eigenvalue weighted by Gasteiger charge is 2.18. The third kappa shape index (κ3) is 4.99. The zero-order valence-corrected chi connectivity index (χ0v) is 16.2. The molecular weight excluding hydrogens is 346 g/mol. The highest BCUT2D eigenvalue weighted by Crippen LogP contribution is 2.21. The number of carbonyl (C=O) groups is 1. The van der Waals surface area contributed by atoms with Crippen molar-refractivity contribution in [2.75, 3.05) is 42.9 Å². The summed E-state index contributed by atoms with van der Waals surface area (Å²) in [5.41, 5.74) is 4.48. The van der Waals surface area contributed by atoms with Crippen LogP contribution in [0.1, 0.15) is 17.5 Å². The summed E-state index contributed by atoms with van der Waals surface area (Å²) in [5.74, 6) is 0.0746. The third-order valence-electron chi connectivity index (χ3n) is 4.99. The lowest BCUT2D eigenvalue weighted by molar-refractivity contribution is -0.116. The molecule has 0 unspecified atom stereocenters. The number of aryl methyl sites for hydroxylation is 2. The van der Waals surface area contributed by atoms with Gasteiger partial charge < -0.3 is 10.2 Å². The molecule has 0 aliphatic carbocycles. The van der Waals surface area contributed by atoms with Crippen molar-refractivity contribution in [1.29, 1.82) is 0 Å². The van der Waals surface area contributed by atoms with Crippen molar-refractivity contribution in [3.8, 4) is 0 Å². The van der Waals surface area contributed by atoms with Crippen LogP contribution in [0.3, 0.4) is 0 Å². The molecule has 138 valence electrons. The molecule has 0 bridgehead atoms. The zero-order chi connectivity index (χ0) is 18.5. The molecule has 5 heteroatoms. The summed E-state index contributed by atoms with van der Waals surface area (Å²) in [6, 6.07) is 14.0. The topological polar surface area (TPSA) is 35.6 Å². The van der Waals surface area contributed by atoms with Gasteiger partial charge in [0.1, 0.15) is 0 Å². The highest BCUT2D eigenvalue weighted by molar-refractivity contribution is 6.30. The Labute approximate surface area is 160 Å². The Hall–Kier alpha value is -2.04. The van der Waals surface area contributed by atoms with Crippen LogP contribution in [0, 0.1) is 13.8 Å². The van der Waals surface area contributed by atoms with Gasteiger partial charge in [0.15, 0.2) is 0 Å². The first-order valence-electron chi connectivity index (χ1n) is 9.11. The van der Waals surface area contributed by atoms with E-state index in [4.69, 9.17) is 11.6 Å². The van der Waals surface area contributed by atoms with E-state index in [0.717, 1.165) is 43.4 Å². The lowest BCUT2D eigenvalue weighted by Crippen LogP contribution is -2.47. The average Bonchev–Trinajstić information content (AvgIpc) is 2.63. The van der Waals surface area contributed by atoms with E-state index < -0.39 is 0 Å². The van der Waals surface area contributed by atoms with Crippen LogP contribution in [0.5, 0.6) is 0 Å². The number of nitrogens with one attached hydrogen (secondary N) is 1. The number of nitrogens with zero attached hydrogens (tertiary/aromatic N) is 2. The number of rotatable bonds is 5. The molecule has 1 heterocycles. The summed E-state index contributed by atoms with van der Waals surface area (Å²) in [4.78, 5) is 16.9. The first-order chi connectivity index (χ1) is 12.5. The molecule has 0 atom stereocenters. The smallest absolute Gasteiger partial charge is 0.225 e. The number of amides is 1. The average molecular weight is 372 g/mol. The van der Waals surface area contributed by atoms with Crippen molar-refractivity contribution < 1.29 is 4.79 Å². The molecule has 0 radical (unpaired) electrons. The molecule has 1 aliphatic heterocycles. The molecule has 0 spiro atoms. The van der Waals surface area contributed by atoms with Crippen molar-refractivity contribution >= 4 is 28.9 Å². The minimum Gasteiger partial charge on any atom is -0.369 e. The minimum absolute atomic E-state index is 0.0746. The Morgan fingerprint density at radius 1 is 1.04 bits per heavy atom. The number of anilines is 2. The van der Waals surface area contributed by atoms with Crippen molar-refractivity contribution in [2.24, 2.45) is 0 Å². The zero-order valence-electron chi connectivity index (χ0n) is 15.5. The SMILES string of the molecule is Cc1ccc(NC(=O)CCN2CCN(c3cccc(Cl)c3)CC2)cc1C. The molecule has 2 aromatic carbocycles. The quantitative estimate of drug-likeness (QED) is 0.859. The molecule has 4 nitrogen and oxygen atoms in total. The first-order valence-corrected chi connectivity index (χ1v) is 9.49. The van der Waals surface area contributed by atoms with Crippen LogP contribution in [0.4, 0.5) is 11.4 Å². The van der Waals surface area contributed by atoms with Crippen LogP contribution in [-0.4, -0.2) is 43.5 Å². The van der Waals surface area contributed by atoms with Gasteiger partial charge in [0.05, 0.1) is 0 Å². The Balaban J connectivity index is 1.43. The van der Waals surface area contributed by atoms with Crippen molar-refractivity contribution in [3.05, 3.63) is 58.6 Å². The maximum absolute atomic E-state index is 12.2. The summed E-state index contributed by atoms with van der Waals surface area (Å²) in [5, 5.41) is 3.77. The van der Waals surface area contributed by atoms with Crippen molar-refractivity contribution in [1.82, 2.24) is 4.90 Å². The molecule has 1 aliphatic rings. The highest BCUT2D eigenvalue weighted by atomic mass is 35.5. The van der Waals surface area contributed by atoms with Crippen LogP contribution >= 0.6 is 11.6 Å². The monoisotopic (exact) mass is 371 g/mol.